The van der Waals surface area contributed by atoms with Gasteiger partial charge in [-0.25, -0.2) is 0 Å². The van der Waals surface area contributed by atoms with Gasteiger partial charge in [0.1, 0.15) is 0 Å². The highest BCUT2D eigenvalue weighted by Gasteiger charge is 2.54. The molecule has 1 atom stereocenters. The Balaban J connectivity index is 1.35. The predicted molar refractivity (Wildman–Crippen MR) is 212 cm³/mol. The lowest BCUT2D eigenvalue weighted by Crippen LogP contribution is -2.41. The molecule has 2 aliphatic carbocycles. The highest BCUT2D eigenvalue weighted by atomic mass is 14.8. The maximum absolute atomic E-state index is 3.46. The molecular weight excluding hydrogens is 605 g/mol. The normalized spacial score (nSPS) is 14.9. The SMILES string of the molecule is CNc1ccc2c(c1)C(C(c1ccccc1)(c1ccccc1)C1C(C)=Cc3cc(-c4cccc5ccccc45)ccc31)c1cc(NC)ccc1-2. The van der Waals surface area contributed by atoms with Crippen molar-refractivity contribution in [1.29, 1.82) is 0 Å². The van der Waals surface area contributed by atoms with Crippen molar-refractivity contribution < 1.29 is 0 Å². The van der Waals surface area contributed by atoms with Crippen LogP contribution in [0, 0.1) is 0 Å². The minimum absolute atomic E-state index is 0.0379. The molecule has 7 aromatic carbocycles. The van der Waals surface area contributed by atoms with Gasteiger partial charge in [0.05, 0.1) is 0 Å². The van der Waals surface area contributed by atoms with E-state index in [1.807, 2.05) is 14.1 Å². The van der Waals surface area contributed by atoms with Gasteiger partial charge in [-0.2, -0.15) is 0 Å². The van der Waals surface area contributed by atoms with Gasteiger partial charge in [0, 0.05) is 42.7 Å². The van der Waals surface area contributed by atoms with Gasteiger partial charge in [-0.1, -0.05) is 139 Å². The van der Waals surface area contributed by atoms with Crippen molar-refractivity contribution >= 4 is 28.2 Å². The quantitative estimate of drug-likeness (QED) is 0.180. The number of allylic oxidation sites excluding steroid dienone is 1. The molecule has 0 radical (unpaired) electrons. The molecule has 2 aliphatic rings. The van der Waals surface area contributed by atoms with Crippen LogP contribution >= 0.6 is 0 Å². The third-order valence-electron chi connectivity index (χ3n) is 11.3. The highest BCUT2D eigenvalue weighted by Crippen LogP contribution is 2.64. The van der Waals surface area contributed by atoms with E-state index in [0.29, 0.717) is 0 Å². The Labute approximate surface area is 295 Å². The first-order chi connectivity index (χ1) is 24.6. The molecule has 0 aromatic heterocycles. The fraction of sp³-hybridized carbons (Fsp3) is 0.125. The van der Waals surface area contributed by atoms with Crippen LogP contribution in [-0.4, -0.2) is 14.1 Å². The predicted octanol–water partition coefficient (Wildman–Crippen LogP) is 11.9. The molecule has 1 unspecified atom stereocenters. The maximum Gasteiger partial charge on any atom is 0.0418 e. The molecule has 2 heteroatoms. The second kappa shape index (κ2) is 11.9. The molecule has 0 heterocycles. The summed E-state index contributed by atoms with van der Waals surface area (Å²) in [6.07, 6.45) is 2.46. The van der Waals surface area contributed by atoms with Crippen molar-refractivity contribution in [2.45, 2.75) is 24.2 Å². The van der Waals surface area contributed by atoms with Crippen LogP contribution in [0.3, 0.4) is 0 Å². The van der Waals surface area contributed by atoms with Gasteiger partial charge in [-0.15, -0.1) is 0 Å². The van der Waals surface area contributed by atoms with E-state index in [4.69, 9.17) is 0 Å². The molecule has 7 aromatic rings. The van der Waals surface area contributed by atoms with Crippen molar-refractivity contribution in [3.63, 3.8) is 0 Å². The van der Waals surface area contributed by atoms with E-state index in [0.717, 1.165) is 11.4 Å². The molecule has 2 nitrogen and oxygen atoms in total. The van der Waals surface area contributed by atoms with E-state index in [1.165, 1.54) is 72.0 Å². The van der Waals surface area contributed by atoms with Gasteiger partial charge >= 0.3 is 0 Å². The molecule has 50 heavy (non-hydrogen) atoms. The van der Waals surface area contributed by atoms with Gasteiger partial charge in [-0.05, 0) is 104 Å². The van der Waals surface area contributed by atoms with E-state index in [-0.39, 0.29) is 11.8 Å². The zero-order valence-corrected chi connectivity index (χ0v) is 28.7. The van der Waals surface area contributed by atoms with Crippen molar-refractivity contribution in [2.75, 3.05) is 24.7 Å². The summed E-state index contributed by atoms with van der Waals surface area (Å²) in [5, 5.41) is 9.48. The number of nitrogens with one attached hydrogen (secondary N) is 2. The Morgan fingerprint density at radius 3 is 1.68 bits per heavy atom. The lowest BCUT2D eigenvalue weighted by molar-refractivity contribution is 0.405. The van der Waals surface area contributed by atoms with Crippen molar-refractivity contribution in [3.8, 4) is 22.3 Å². The Kier molecular flexibility index (Phi) is 7.21. The van der Waals surface area contributed by atoms with Crippen LogP contribution in [0.1, 0.15) is 52.1 Å². The standard InChI is InChI=1S/C48H40N2/c1-31-27-34-28-33(40-20-12-14-32-13-10-11-19-39(32)40)21-24-41(34)46(31)48(35-15-6-4-7-16-35,36-17-8-5-9-18-36)47-44-29-37(49-2)22-25-42(44)43-26-23-38(50-3)30-45(43)47/h4-30,46-47,49-50H,1-3H3. The number of rotatable bonds is 7. The first-order valence-electron chi connectivity index (χ1n) is 17.7. The average Bonchev–Trinajstić information content (AvgIpc) is 3.69. The van der Waals surface area contributed by atoms with Crippen LogP contribution in [-0.2, 0) is 5.41 Å². The topological polar surface area (TPSA) is 24.1 Å². The van der Waals surface area contributed by atoms with Gasteiger partial charge in [0.25, 0.3) is 0 Å². The smallest absolute Gasteiger partial charge is 0.0418 e. The summed E-state index contributed by atoms with van der Waals surface area (Å²) in [4.78, 5) is 0. The average molecular weight is 645 g/mol. The molecule has 0 bridgehead atoms. The van der Waals surface area contributed by atoms with E-state index >= 15 is 0 Å². The fourth-order valence-corrected chi connectivity index (χ4v) is 9.28. The van der Waals surface area contributed by atoms with Crippen LogP contribution < -0.4 is 10.6 Å². The second-order valence-electron chi connectivity index (χ2n) is 13.8. The maximum atomic E-state index is 3.46. The molecule has 0 amide bonds. The van der Waals surface area contributed by atoms with Crippen LogP contribution in [0.5, 0.6) is 0 Å². The first-order valence-corrected chi connectivity index (χ1v) is 17.7. The zero-order chi connectivity index (χ0) is 33.8. The second-order valence-corrected chi connectivity index (χ2v) is 13.8. The summed E-state index contributed by atoms with van der Waals surface area (Å²) in [6.45, 7) is 2.35. The largest absolute Gasteiger partial charge is 0.388 e. The molecule has 0 saturated heterocycles. The number of benzene rings is 7. The number of anilines is 2. The van der Waals surface area contributed by atoms with E-state index in [1.54, 1.807) is 0 Å². The Bertz CT molecular complexity index is 2320. The van der Waals surface area contributed by atoms with Crippen LogP contribution in [0.15, 0.2) is 163 Å². The number of fused-ring (bicyclic) bond motifs is 5. The molecule has 9 rings (SSSR count). The molecule has 242 valence electrons. The summed E-state index contributed by atoms with van der Waals surface area (Å²) in [6, 6.07) is 59.1. The molecule has 0 saturated carbocycles. The molecular formula is C48H40N2. The van der Waals surface area contributed by atoms with Gasteiger partial charge in [0.15, 0.2) is 0 Å². The fourth-order valence-electron chi connectivity index (χ4n) is 9.28. The lowest BCUT2D eigenvalue weighted by Gasteiger charge is -2.47. The number of hydrogen-bond donors (Lipinski definition) is 2. The third-order valence-corrected chi connectivity index (χ3v) is 11.3. The van der Waals surface area contributed by atoms with E-state index < -0.39 is 5.41 Å². The van der Waals surface area contributed by atoms with E-state index in [2.05, 4.69) is 181 Å². The molecule has 0 aliphatic heterocycles. The Morgan fingerprint density at radius 1 is 0.480 bits per heavy atom. The van der Waals surface area contributed by atoms with Crippen LogP contribution in [0.4, 0.5) is 11.4 Å². The minimum atomic E-state index is -0.464. The highest BCUT2D eigenvalue weighted by molar-refractivity contribution is 5.97. The summed E-state index contributed by atoms with van der Waals surface area (Å²) >= 11 is 0. The van der Waals surface area contributed by atoms with Gasteiger partial charge in [-0.3, -0.25) is 0 Å². The lowest BCUT2D eigenvalue weighted by atomic mass is 9.54. The summed E-state index contributed by atoms with van der Waals surface area (Å²) in [5.41, 5.74) is 16.4. The molecule has 2 N–H and O–H groups in total. The Morgan fingerprint density at radius 2 is 1.06 bits per heavy atom. The summed E-state index contributed by atoms with van der Waals surface area (Å²) < 4.78 is 0. The monoisotopic (exact) mass is 644 g/mol. The van der Waals surface area contributed by atoms with Crippen LogP contribution in [0.2, 0.25) is 0 Å². The van der Waals surface area contributed by atoms with E-state index in [9.17, 15) is 0 Å². The molecule has 0 fully saturated rings. The third kappa shape index (κ3) is 4.48. The summed E-state index contributed by atoms with van der Waals surface area (Å²) in [5.74, 6) is 0.125. The molecule has 0 spiro atoms. The Hall–Kier alpha value is -5.86. The first kappa shape index (κ1) is 30.2. The van der Waals surface area contributed by atoms with Crippen molar-refractivity contribution in [2.24, 2.45) is 0 Å². The zero-order valence-electron chi connectivity index (χ0n) is 28.7. The summed E-state index contributed by atoms with van der Waals surface area (Å²) in [7, 11) is 4.04. The minimum Gasteiger partial charge on any atom is -0.388 e. The van der Waals surface area contributed by atoms with Gasteiger partial charge in [0.2, 0.25) is 0 Å². The van der Waals surface area contributed by atoms with Gasteiger partial charge < -0.3 is 10.6 Å². The van der Waals surface area contributed by atoms with Crippen molar-refractivity contribution in [3.05, 3.63) is 197 Å². The number of hydrogen-bond acceptors (Lipinski definition) is 2. The van der Waals surface area contributed by atoms with Crippen molar-refractivity contribution in [1.82, 2.24) is 0 Å². The van der Waals surface area contributed by atoms with Crippen LogP contribution in [0.25, 0.3) is 39.1 Å².